The first-order valence-corrected chi connectivity index (χ1v) is 5.72. The first kappa shape index (κ1) is 13.1. The van der Waals surface area contributed by atoms with Crippen molar-refractivity contribution in [2.45, 2.75) is 19.4 Å². The molecule has 0 aliphatic heterocycles. The summed E-state index contributed by atoms with van der Waals surface area (Å²) < 4.78 is 9.69. The van der Waals surface area contributed by atoms with Gasteiger partial charge >= 0.3 is 5.97 Å². The lowest BCUT2D eigenvalue weighted by atomic mass is 10.2. The Kier molecular flexibility index (Phi) is 4.85. The highest BCUT2D eigenvalue weighted by atomic mass is 32.1. The van der Waals surface area contributed by atoms with Crippen molar-refractivity contribution in [3.63, 3.8) is 0 Å². The van der Waals surface area contributed by atoms with E-state index in [1.54, 1.807) is 7.11 Å². The van der Waals surface area contributed by atoms with Crippen LogP contribution >= 0.6 is 11.3 Å². The van der Waals surface area contributed by atoms with Crippen LogP contribution in [0.25, 0.3) is 0 Å². The van der Waals surface area contributed by atoms with Crippen LogP contribution in [0.15, 0.2) is 0 Å². The molecule has 1 atom stereocenters. The van der Waals surface area contributed by atoms with Crippen molar-refractivity contribution in [1.29, 1.82) is 0 Å². The van der Waals surface area contributed by atoms with Crippen molar-refractivity contribution in [2.24, 2.45) is 5.73 Å². The largest absolute Gasteiger partial charge is 0.465 e. The van der Waals surface area contributed by atoms with E-state index in [-0.39, 0.29) is 11.9 Å². The molecule has 2 N–H and O–H groups in total. The molecule has 1 rings (SSSR count). The van der Waals surface area contributed by atoms with Crippen LogP contribution in [-0.2, 0) is 16.1 Å². The van der Waals surface area contributed by atoms with Crippen LogP contribution in [0.4, 0.5) is 0 Å². The standard InChI is InChI=1S/C10H16N2O3S/c1-6(4-11)9-12-7(5-14-2)8(16-9)10(13)15-3/h6H,4-5,11H2,1-3H3. The molecule has 5 nitrogen and oxygen atoms in total. The monoisotopic (exact) mass is 244 g/mol. The number of ether oxygens (including phenoxy) is 2. The van der Waals surface area contributed by atoms with Gasteiger partial charge in [0, 0.05) is 19.6 Å². The molecule has 1 heterocycles. The summed E-state index contributed by atoms with van der Waals surface area (Å²) in [6, 6.07) is 0. The number of aromatic nitrogens is 1. The third-order valence-electron chi connectivity index (χ3n) is 2.14. The Bertz CT molecular complexity index is 365. The normalized spacial score (nSPS) is 12.5. The van der Waals surface area contributed by atoms with E-state index in [1.807, 2.05) is 6.92 Å². The van der Waals surface area contributed by atoms with Gasteiger partial charge in [-0.1, -0.05) is 6.92 Å². The van der Waals surface area contributed by atoms with Crippen molar-refractivity contribution < 1.29 is 14.3 Å². The Hall–Kier alpha value is -0.980. The first-order chi connectivity index (χ1) is 7.63. The Morgan fingerprint density at radius 2 is 2.25 bits per heavy atom. The second kappa shape index (κ2) is 5.93. The smallest absolute Gasteiger partial charge is 0.350 e. The topological polar surface area (TPSA) is 74.4 Å². The maximum atomic E-state index is 11.5. The van der Waals surface area contributed by atoms with Crippen LogP contribution in [0.2, 0.25) is 0 Å². The fourth-order valence-electron chi connectivity index (χ4n) is 1.17. The van der Waals surface area contributed by atoms with E-state index in [2.05, 4.69) is 4.98 Å². The molecule has 1 aromatic heterocycles. The first-order valence-electron chi connectivity index (χ1n) is 4.90. The van der Waals surface area contributed by atoms with Crippen LogP contribution in [0.1, 0.15) is 33.2 Å². The number of esters is 1. The predicted molar refractivity (Wildman–Crippen MR) is 61.6 cm³/mol. The predicted octanol–water partition coefficient (Wildman–Crippen LogP) is 1.14. The third kappa shape index (κ3) is 2.78. The summed E-state index contributed by atoms with van der Waals surface area (Å²) in [5.74, 6) is -0.237. The molecule has 1 unspecified atom stereocenters. The number of hydrogen-bond acceptors (Lipinski definition) is 6. The molecular formula is C10H16N2O3S. The molecule has 0 radical (unpaired) electrons. The number of carbonyl (C=O) groups is 1. The molecule has 0 amide bonds. The van der Waals surface area contributed by atoms with Crippen molar-refractivity contribution >= 4 is 17.3 Å². The molecule has 0 saturated heterocycles. The van der Waals surface area contributed by atoms with E-state index < -0.39 is 0 Å². The van der Waals surface area contributed by atoms with Gasteiger partial charge in [-0.25, -0.2) is 9.78 Å². The highest BCUT2D eigenvalue weighted by Gasteiger charge is 2.20. The Morgan fingerprint density at radius 1 is 1.56 bits per heavy atom. The molecule has 0 fully saturated rings. The minimum atomic E-state index is -0.375. The lowest BCUT2D eigenvalue weighted by Crippen LogP contribution is -2.08. The van der Waals surface area contributed by atoms with E-state index in [0.29, 0.717) is 23.7 Å². The lowest BCUT2D eigenvalue weighted by molar-refractivity contribution is 0.0601. The Morgan fingerprint density at radius 3 is 2.75 bits per heavy atom. The molecule has 6 heteroatoms. The maximum absolute atomic E-state index is 11.5. The second-order valence-corrected chi connectivity index (χ2v) is 4.42. The van der Waals surface area contributed by atoms with Gasteiger partial charge in [0.1, 0.15) is 4.88 Å². The van der Waals surface area contributed by atoms with E-state index in [1.165, 1.54) is 18.4 Å². The fraction of sp³-hybridized carbons (Fsp3) is 0.600. The highest BCUT2D eigenvalue weighted by Crippen LogP contribution is 2.25. The van der Waals surface area contributed by atoms with Gasteiger partial charge in [0.25, 0.3) is 0 Å². The van der Waals surface area contributed by atoms with Crippen molar-refractivity contribution in [3.05, 3.63) is 15.6 Å². The zero-order chi connectivity index (χ0) is 12.1. The quantitative estimate of drug-likeness (QED) is 0.786. The van der Waals surface area contributed by atoms with Gasteiger partial charge in [0.2, 0.25) is 0 Å². The number of rotatable bonds is 5. The molecule has 0 bridgehead atoms. The summed E-state index contributed by atoms with van der Waals surface area (Å²) in [4.78, 5) is 16.3. The molecule has 0 aliphatic carbocycles. The maximum Gasteiger partial charge on any atom is 0.350 e. The molecule has 0 aromatic carbocycles. The van der Waals surface area contributed by atoms with Gasteiger partial charge in [-0.05, 0) is 0 Å². The Labute approximate surface area is 98.6 Å². The number of carbonyl (C=O) groups excluding carboxylic acids is 1. The Balaban J connectivity index is 3.04. The van der Waals surface area contributed by atoms with Crippen molar-refractivity contribution in [1.82, 2.24) is 4.98 Å². The minimum Gasteiger partial charge on any atom is -0.465 e. The summed E-state index contributed by atoms with van der Waals surface area (Å²) >= 11 is 1.32. The van der Waals surface area contributed by atoms with Gasteiger partial charge < -0.3 is 15.2 Å². The van der Waals surface area contributed by atoms with Gasteiger partial charge in [-0.2, -0.15) is 0 Å². The fourth-order valence-corrected chi connectivity index (χ4v) is 2.22. The number of methoxy groups -OCH3 is 2. The third-order valence-corrected chi connectivity index (χ3v) is 3.45. The van der Waals surface area contributed by atoms with Crippen LogP contribution in [-0.4, -0.2) is 31.7 Å². The van der Waals surface area contributed by atoms with Gasteiger partial charge in [-0.3, -0.25) is 0 Å². The summed E-state index contributed by atoms with van der Waals surface area (Å²) in [5, 5.41) is 0.843. The SMILES string of the molecule is COCc1nc(C(C)CN)sc1C(=O)OC. The molecule has 0 spiro atoms. The zero-order valence-electron chi connectivity index (χ0n) is 9.65. The van der Waals surface area contributed by atoms with Crippen molar-refractivity contribution in [3.8, 4) is 0 Å². The van der Waals surface area contributed by atoms with E-state index in [9.17, 15) is 4.79 Å². The highest BCUT2D eigenvalue weighted by molar-refractivity contribution is 7.13. The molecular weight excluding hydrogens is 228 g/mol. The van der Waals surface area contributed by atoms with E-state index in [4.69, 9.17) is 15.2 Å². The molecule has 16 heavy (non-hydrogen) atoms. The zero-order valence-corrected chi connectivity index (χ0v) is 10.5. The molecule has 0 aliphatic rings. The average Bonchev–Trinajstić information content (AvgIpc) is 2.71. The summed E-state index contributed by atoms with van der Waals surface area (Å²) in [7, 11) is 2.91. The lowest BCUT2D eigenvalue weighted by Gasteiger charge is -2.01. The van der Waals surface area contributed by atoms with Crippen LogP contribution < -0.4 is 5.73 Å². The summed E-state index contributed by atoms with van der Waals surface area (Å²) in [5.41, 5.74) is 6.19. The summed E-state index contributed by atoms with van der Waals surface area (Å²) in [6.45, 7) is 2.77. The molecule has 0 saturated carbocycles. The number of nitrogens with two attached hydrogens (primary N) is 1. The molecule has 1 aromatic rings. The van der Waals surface area contributed by atoms with Crippen LogP contribution in [0.3, 0.4) is 0 Å². The second-order valence-electron chi connectivity index (χ2n) is 3.39. The van der Waals surface area contributed by atoms with Gasteiger partial charge in [0.15, 0.2) is 0 Å². The van der Waals surface area contributed by atoms with E-state index >= 15 is 0 Å². The number of thiazole rings is 1. The minimum absolute atomic E-state index is 0.138. The van der Waals surface area contributed by atoms with Gasteiger partial charge in [-0.15, -0.1) is 11.3 Å². The van der Waals surface area contributed by atoms with Crippen molar-refractivity contribution in [2.75, 3.05) is 20.8 Å². The summed E-state index contributed by atoms with van der Waals surface area (Å²) in [6.07, 6.45) is 0. The van der Waals surface area contributed by atoms with E-state index in [0.717, 1.165) is 5.01 Å². The molecule has 90 valence electrons. The average molecular weight is 244 g/mol. The van der Waals surface area contributed by atoms with Crippen LogP contribution in [0, 0.1) is 0 Å². The number of hydrogen-bond donors (Lipinski definition) is 1. The van der Waals surface area contributed by atoms with Crippen LogP contribution in [0.5, 0.6) is 0 Å². The number of nitrogens with zero attached hydrogens (tertiary/aromatic N) is 1. The van der Waals surface area contributed by atoms with Gasteiger partial charge in [0.05, 0.1) is 24.4 Å².